The van der Waals surface area contributed by atoms with Crippen LogP contribution in [-0.4, -0.2) is 12.6 Å². The van der Waals surface area contributed by atoms with Crippen LogP contribution < -0.4 is 0 Å². The van der Waals surface area contributed by atoms with Gasteiger partial charge in [0.05, 0.1) is 12.2 Å². The number of esters is 1. The van der Waals surface area contributed by atoms with E-state index in [0.29, 0.717) is 12.2 Å². The Kier molecular flexibility index (Phi) is 4.25. The summed E-state index contributed by atoms with van der Waals surface area (Å²) in [6.07, 6.45) is 0. The summed E-state index contributed by atoms with van der Waals surface area (Å²) in [5.74, 6) is -0.299. The van der Waals surface area contributed by atoms with Crippen molar-refractivity contribution in [1.82, 2.24) is 0 Å². The second-order valence-electron chi connectivity index (χ2n) is 4.94. The molecule has 3 aromatic carbocycles. The third-order valence-corrected chi connectivity index (χ3v) is 4.21. The van der Waals surface area contributed by atoms with Gasteiger partial charge in [0, 0.05) is 10.0 Å². The molecule has 3 heteroatoms. The van der Waals surface area contributed by atoms with E-state index in [1.807, 2.05) is 37.3 Å². The zero-order valence-electron chi connectivity index (χ0n) is 12.2. The summed E-state index contributed by atoms with van der Waals surface area (Å²) in [5, 5.41) is 2.32. The normalized spacial score (nSPS) is 10.6. The van der Waals surface area contributed by atoms with Crippen molar-refractivity contribution in [2.24, 2.45) is 0 Å². The standard InChI is InChI=1S/C19H15BrO2/c1-2-22-19(21)16-8-5-9-17(20)18(16)15-11-10-13-6-3-4-7-14(13)12-15/h3-12H,2H2,1H3. The van der Waals surface area contributed by atoms with Crippen molar-refractivity contribution in [3.63, 3.8) is 0 Å². The molecule has 0 bridgehead atoms. The number of benzene rings is 3. The van der Waals surface area contributed by atoms with Crippen LogP contribution in [0.2, 0.25) is 0 Å². The van der Waals surface area contributed by atoms with E-state index < -0.39 is 0 Å². The van der Waals surface area contributed by atoms with Gasteiger partial charge in [-0.2, -0.15) is 0 Å². The number of fused-ring (bicyclic) bond motifs is 1. The summed E-state index contributed by atoms with van der Waals surface area (Å²) in [6, 6.07) is 20.0. The average molecular weight is 355 g/mol. The van der Waals surface area contributed by atoms with Crippen LogP contribution in [0.15, 0.2) is 65.1 Å². The molecule has 3 rings (SSSR count). The molecule has 0 radical (unpaired) electrons. The number of rotatable bonds is 3. The number of carbonyl (C=O) groups excluding carboxylic acids is 1. The number of ether oxygens (including phenoxy) is 1. The molecule has 3 aromatic rings. The van der Waals surface area contributed by atoms with Crippen LogP contribution >= 0.6 is 15.9 Å². The molecule has 0 saturated carbocycles. The fourth-order valence-electron chi connectivity index (χ4n) is 2.54. The Labute approximate surface area is 137 Å². The van der Waals surface area contributed by atoms with Gasteiger partial charge in [0.25, 0.3) is 0 Å². The van der Waals surface area contributed by atoms with Gasteiger partial charge in [0.15, 0.2) is 0 Å². The lowest BCUT2D eigenvalue weighted by Gasteiger charge is -2.12. The minimum Gasteiger partial charge on any atom is -0.462 e. The van der Waals surface area contributed by atoms with Crippen LogP contribution in [0.25, 0.3) is 21.9 Å². The first-order valence-electron chi connectivity index (χ1n) is 7.15. The zero-order chi connectivity index (χ0) is 15.5. The summed E-state index contributed by atoms with van der Waals surface area (Å²) in [6.45, 7) is 2.17. The zero-order valence-corrected chi connectivity index (χ0v) is 13.8. The summed E-state index contributed by atoms with van der Waals surface area (Å²) in [4.78, 5) is 12.2. The summed E-state index contributed by atoms with van der Waals surface area (Å²) >= 11 is 3.56. The molecule has 0 spiro atoms. The van der Waals surface area contributed by atoms with Gasteiger partial charge in [0.2, 0.25) is 0 Å². The molecule has 0 aliphatic heterocycles. The number of halogens is 1. The van der Waals surface area contributed by atoms with Gasteiger partial charge in [-0.05, 0) is 41.5 Å². The third kappa shape index (κ3) is 2.77. The lowest BCUT2D eigenvalue weighted by Crippen LogP contribution is -2.06. The van der Waals surface area contributed by atoms with E-state index in [4.69, 9.17) is 4.74 Å². The monoisotopic (exact) mass is 354 g/mol. The van der Waals surface area contributed by atoms with Gasteiger partial charge in [-0.3, -0.25) is 0 Å². The van der Waals surface area contributed by atoms with Gasteiger partial charge >= 0.3 is 5.97 Å². The molecule has 22 heavy (non-hydrogen) atoms. The SMILES string of the molecule is CCOC(=O)c1cccc(Br)c1-c1ccc2ccccc2c1. The smallest absolute Gasteiger partial charge is 0.338 e. The first-order chi connectivity index (χ1) is 10.7. The Hall–Kier alpha value is -2.13. The third-order valence-electron chi connectivity index (χ3n) is 3.55. The van der Waals surface area contributed by atoms with Crippen molar-refractivity contribution in [3.05, 3.63) is 70.7 Å². The van der Waals surface area contributed by atoms with Crippen molar-refractivity contribution >= 4 is 32.7 Å². The van der Waals surface area contributed by atoms with E-state index in [-0.39, 0.29) is 5.97 Å². The maximum Gasteiger partial charge on any atom is 0.338 e. The van der Waals surface area contributed by atoms with Crippen molar-refractivity contribution in [3.8, 4) is 11.1 Å². The number of carbonyl (C=O) groups is 1. The van der Waals surface area contributed by atoms with Crippen LogP contribution in [0.5, 0.6) is 0 Å². The molecule has 110 valence electrons. The number of hydrogen-bond donors (Lipinski definition) is 0. The largest absolute Gasteiger partial charge is 0.462 e. The summed E-state index contributed by atoms with van der Waals surface area (Å²) in [7, 11) is 0. The molecule has 0 aromatic heterocycles. The lowest BCUT2D eigenvalue weighted by atomic mass is 9.97. The lowest BCUT2D eigenvalue weighted by molar-refractivity contribution is 0.0527. The minimum atomic E-state index is -0.299. The van der Waals surface area contributed by atoms with Gasteiger partial charge in [-0.15, -0.1) is 0 Å². The Morgan fingerprint density at radius 3 is 2.55 bits per heavy atom. The summed E-state index contributed by atoms with van der Waals surface area (Å²) in [5.41, 5.74) is 2.44. The molecule has 0 heterocycles. The van der Waals surface area contributed by atoms with Crippen LogP contribution in [0.1, 0.15) is 17.3 Å². The molecule has 0 amide bonds. The Balaban J connectivity index is 2.18. The molecule has 0 fully saturated rings. The first-order valence-corrected chi connectivity index (χ1v) is 7.95. The highest BCUT2D eigenvalue weighted by Gasteiger charge is 2.16. The predicted molar refractivity (Wildman–Crippen MR) is 93.0 cm³/mol. The Bertz CT molecular complexity index is 840. The second-order valence-corrected chi connectivity index (χ2v) is 5.80. The fourth-order valence-corrected chi connectivity index (χ4v) is 3.14. The van der Waals surface area contributed by atoms with Gasteiger partial charge in [0.1, 0.15) is 0 Å². The molecule has 0 aliphatic carbocycles. The molecule has 0 unspecified atom stereocenters. The number of hydrogen-bond acceptors (Lipinski definition) is 2. The maximum absolute atomic E-state index is 12.2. The fraction of sp³-hybridized carbons (Fsp3) is 0.105. The van der Waals surface area contributed by atoms with Crippen molar-refractivity contribution in [1.29, 1.82) is 0 Å². The van der Waals surface area contributed by atoms with Gasteiger partial charge in [-0.1, -0.05) is 58.4 Å². The minimum absolute atomic E-state index is 0.299. The topological polar surface area (TPSA) is 26.3 Å². The average Bonchev–Trinajstić information content (AvgIpc) is 2.54. The predicted octanol–water partition coefficient (Wildman–Crippen LogP) is 5.45. The van der Waals surface area contributed by atoms with Gasteiger partial charge in [-0.25, -0.2) is 4.79 Å². The Morgan fingerprint density at radius 1 is 1.00 bits per heavy atom. The molecule has 0 atom stereocenters. The van der Waals surface area contributed by atoms with E-state index in [1.54, 1.807) is 6.07 Å². The Morgan fingerprint density at radius 2 is 1.77 bits per heavy atom. The maximum atomic E-state index is 12.2. The quantitative estimate of drug-likeness (QED) is 0.585. The van der Waals surface area contributed by atoms with E-state index in [1.165, 1.54) is 5.39 Å². The van der Waals surface area contributed by atoms with Crippen molar-refractivity contribution < 1.29 is 9.53 Å². The van der Waals surface area contributed by atoms with Crippen LogP contribution in [0.3, 0.4) is 0 Å². The van der Waals surface area contributed by atoms with E-state index >= 15 is 0 Å². The molecular weight excluding hydrogens is 340 g/mol. The van der Waals surface area contributed by atoms with E-state index in [0.717, 1.165) is 21.0 Å². The van der Waals surface area contributed by atoms with Gasteiger partial charge < -0.3 is 4.74 Å². The van der Waals surface area contributed by atoms with Crippen LogP contribution in [0, 0.1) is 0 Å². The molecular formula is C19H15BrO2. The second kappa shape index (κ2) is 6.32. The van der Waals surface area contributed by atoms with Crippen LogP contribution in [0.4, 0.5) is 0 Å². The summed E-state index contributed by atoms with van der Waals surface area (Å²) < 4.78 is 6.06. The van der Waals surface area contributed by atoms with Crippen molar-refractivity contribution in [2.75, 3.05) is 6.61 Å². The van der Waals surface area contributed by atoms with E-state index in [2.05, 4.69) is 40.2 Å². The van der Waals surface area contributed by atoms with E-state index in [9.17, 15) is 4.79 Å². The molecule has 0 aliphatic rings. The first kappa shape index (κ1) is 14.8. The van der Waals surface area contributed by atoms with Crippen molar-refractivity contribution in [2.45, 2.75) is 6.92 Å². The van der Waals surface area contributed by atoms with Crippen LogP contribution in [-0.2, 0) is 4.74 Å². The molecule has 2 nitrogen and oxygen atoms in total. The highest BCUT2D eigenvalue weighted by molar-refractivity contribution is 9.10. The molecule has 0 saturated heterocycles. The molecule has 0 N–H and O–H groups in total. The highest BCUT2D eigenvalue weighted by Crippen LogP contribution is 2.34. The highest BCUT2D eigenvalue weighted by atomic mass is 79.9.